The molecule has 1 saturated carbocycles. The minimum atomic E-state index is -3.88. The van der Waals surface area contributed by atoms with E-state index in [4.69, 9.17) is 28.7 Å². The van der Waals surface area contributed by atoms with Gasteiger partial charge in [-0.3, -0.25) is 4.99 Å². The lowest BCUT2D eigenvalue weighted by molar-refractivity contribution is -0.332. The van der Waals surface area contributed by atoms with Gasteiger partial charge in [-0.15, -0.1) is 5.10 Å². The molecule has 48 heavy (non-hydrogen) atoms. The molecule has 0 bridgehead atoms. The van der Waals surface area contributed by atoms with E-state index in [1.807, 2.05) is 91.0 Å². The standard InChI is InChI=1S/C35H38N4O8S/c1-23-27(39-30(36-23)31(43-3)37-32(38-39)48(4,41)42)35(40)33(2,45-21-25-16-10-6-11-17-25)34(46-22-26-18-12-7-13-19-26)28(29(34)47-35)44-20-24-14-8-5-9-15-24/h5-19,23,27-29,40H,20-22H2,1-4H3/t23?,27?,28?,29-,33-,34-,35+/m1/s1. The van der Waals surface area contributed by atoms with Crippen LogP contribution in [0, 0.1) is 0 Å². The first-order chi connectivity index (χ1) is 23.0. The summed E-state index contributed by atoms with van der Waals surface area (Å²) in [6, 6.07) is 27.3. The van der Waals surface area contributed by atoms with Crippen molar-refractivity contribution in [3.8, 4) is 0 Å². The van der Waals surface area contributed by atoms with Crippen molar-refractivity contribution in [3.63, 3.8) is 0 Å². The summed E-state index contributed by atoms with van der Waals surface area (Å²) in [4.78, 5) is 8.80. The molecule has 0 spiro atoms. The van der Waals surface area contributed by atoms with Gasteiger partial charge in [0.1, 0.15) is 18.2 Å². The number of sulfone groups is 1. The van der Waals surface area contributed by atoms with Crippen molar-refractivity contribution >= 4 is 26.7 Å². The average molecular weight is 675 g/mol. The molecule has 252 valence electrons. The summed E-state index contributed by atoms with van der Waals surface area (Å²) >= 11 is 0. The SMILES string of the molecule is COC1=NC(S(C)(=O)=O)=NN2C1=NC(C)C2[C@]1(O)O[C@@H]2C(OCc3ccccc3)[C@]2(OCc2ccccc2)[C@@]1(C)OCc1ccccc1. The van der Waals surface area contributed by atoms with Crippen LogP contribution in [0.25, 0.3) is 0 Å². The van der Waals surface area contributed by atoms with Crippen molar-refractivity contribution in [1.29, 1.82) is 0 Å². The van der Waals surface area contributed by atoms with E-state index in [0.29, 0.717) is 0 Å². The van der Waals surface area contributed by atoms with Crippen molar-refractivity contribution in [3.05, 3.63) is 108 Å². The maximum Gasteiger partial charge on any atom is 0.268 e. The third-order valence-electron chi connectivity index (χ3n) is 9.48. The van der Waals surface area contributed by atoms with Gasteiger partial charge in [0.2, 0.25) is 21.5 Å². The van der Waals surface area contributed by atoms with Gasteiger partial charge in [0.05, 0.1) is 33.0 Å². The molecule has 1 saturated heterocycles. The molecule has 2 fully saturated rings. The normalized spacial score (nSPS) is 32.2. The van der Waals surface area contributed by atoms with Gasteiger partial charge in [-0.2, -0.15) is 4.99 Å². The first-order valence-electron chi connectivity index (χ1n) is 15.7. The highest BCUT2D eigenvalue weighted by molar-refractivity contribution is 8.05. The summed E-state index contributed by atoms with van der Waals surface area (Å²) in [6.45, 7) is 4.12. The monoisotopic (exact) mass is 674 g/mol. The van der Waals surface area contributed by atoms with Gasteiger partial charge in [-0.1, -0.05) is 91.0 Å². The van der Waals surface area contributed by atoms with Gasteiger partial charge in [0.15, 0.2) is 11.2 Å². The van der Waals surface area contributed by atoms with Crippen molar-refractivity contribution in [2.45, 2.75) is 74.9 Å². The Kier molecular flexibility index (Phi) is 8.25. The van der Waals surface area contributed by atoms with Gasteiger partial charge in [0.25, 0.3) is 11.1 Å². The predicted molar refractivity (Wildman–Crippen MR) is 178 cm³/mol. The minimum absolute atomic E-state index is 0.0439. The fourth-order valence-electron chi connectivity index (χ4n) is 6.96. The number of benzene rings is 3. The van der Waals surface area contributed by atoms with Crippen LogP contribution in [0.2, 0.25) is 0 Å². The molecule has 1 N–H and O–H groups in total. The van der Waals surface area contributed by atoms with Crippen LogP contribution < -0.4 is 0 Å². The topological polar surface area (TPSA) is 141 Å². The number of rotatable bonds is 10. The molecule has 3 aliphatic heterocycles. The maximum atomic E-state index is 13.0. The Morgan fingerprint density at radius 2 is 1.42 bits per heavy atom. The largest absolute Gasteiger partial charge is 0.478 e. The summed E-state index contributed by atoms with van der Waals surface area (Å²) in [7, 11) is -2.51. The number of fused-ring (bicyclic) bond motifs is 2. The zero-order chi connectivity index (χ0) is 33.7. The molecule has 4 aliphatic rings. The van der Waals surface area contributed by atoms with Crippen LogP contribution in [0.4, 0.5) is 0 Å². The zero-order valence-corrected chi connectivity index (χ0v) is 27.9. The summed E-state index contributed by atoms with van der Waals surface area (Å²) in [5.41, 5.74) is -0.151. The van der Waals surface area contributed by atoms with E-state index in [2.05, 4.69) is 10.1 Å². The molecule has 0 radical (unpaired) electrons. The lowest BCUT2D eigenvalue weighted by Crippen LogP contribution is -2.71. The van der Waals surface area contributed by atoms with Crippen LogP contribution in [0.15, 0.2) is 106 Å². The second-order valence-corrected chi connectivity index (χ2v) is 14.5. The molecule has 12 nitrogen and oxygen atoms in total. The number of hydrazone groups is 1. The molecule has 3 aromatic carbocycles. The highest BCUT2D eigenvalue weighted by atomic mass is 32.2. The molecule has 1 aliphatic carbocycles. The number of amidine groups is 2. The Balaban J connectivity index is 1.31. The molecule has 7 atom stereocenters. The van der Waals surface area contributed by atoms with Gasteiger partial charge < -0.3 is 28.8 Å². The Hall–Kier alpha value is -3.98. The molecule has 13 heteroatoms. The first-order valence-corrected chi connectivity index (χ1v) is 17.6. The number of aliphatic hydroxyl groups is 1. The van der Waals surface area contributed by atoms with Crippen LogP contribution in [0.5, 0.6) is 0 Å². The molecular weight excluding hydrogens is 636 g/mol. The average Bonchev–Trinajstić information content (AvgIpc) is 3.46. The van der Waals surface area contributed by atoms with Crippen LogP contribution in [0.1, 0.15) is 30.5 Å². The summed E-state index contributed by atoms with van der Waals surface area (Å²) in [6.07, 6.45) is -0.374. The van der Waals surface area contributed by atoms with Gasteiger partial charge in [-0.05, 0) is 30.5 Å². The molecule has 3 heterocycles. The number of hydrogen-bond donors (Lipinski definition) is 1. The van der Waals surface area contributed by atoms with E-state index in [0.717, 1.165) is 22.9 Å². The maximum absolute atomic E-state index is 13.0. The Bertz CT molecular complexity index is 1860. The second-order valence-electron chi connectivity index (χ2n) is 12.6. The number of aliphatic imine (C=N–C) groups is 2. The molecule has 3 aromatic rings. The van der Waals surface area contributed by atoms with Gasteiger partial charge in [0, 0.05) is 6.26 Å². The Labute approximate surface area is 279 Å². The van der Waals surface area contributed by atoms with Crippen LogP contribution in [-0.2, 0) is 53.3 Å². The fourth-order valence-corrected chi connectivity index (χ4v) is 7.45. The van der Waals surface area contributed by atoms with Crippen molar-refractivity contribution in [2.24, 2.45) is 15.1 Å². The van der Waals surface area contributed by atoms with E-state index < -0.39 is 56.3 Å². The lowest BCUT2D eigenvalue weighted by Gasteiger charge is -2.49. The predicted octanol–water partition coefficient (Wildman–Crippen LogP) is 3.45. The van der Waals surface area contributed by atoms with Crippen LogP contribution in [-0.4, -0.2) is 90.1 Å². The third kappa shape index (κ3) is 5.25. The van der Waals surface area contributed by atoms with E-state index >= 15 is 0 Å². The molecular formula is C35H38N4O8S. The van der Waals surface area contributed by atoms with Crippen LogP contribution >= 0.6 is 0 Å². The second kappa shape index (κ2) is 12.2. The van der Waals surface area contributed by atoms with Gasteiger partial charge >= 0.3 is 0 Å². The minimum Gasteiger partial charge on any atom is -0.478 e. The number of ether oxygens (including phenoxy) is 5. The van der Waals surface area contributed by atoms with Crippen molar-refractivity contribution in [1.82, 2.24) is 5.01 Å². The number of hydrogen-bond acceptors (Lipinski definition) is 12. The van der Waals surface area contributed by atoms with E-state index in [1.165, 1.54) is 12.1 Å². The zero-order valence-electron chi connectivity index (χ0n) is 27.1. The summed E-state index contributed by atoms with van der Waals surface area (Å²) in [5.74, 6) is -2.03. The summed E-state index contributed by atoms with van der Waals surface area (Å²) < 4.78 is 57.6. The van der Waals surface area contributed by atoms with Crippen molar-refractivity contribution < 1.29 is 37.2 Å². The smallest absolute Gasteiger partial charge is 0.268 e. The molecule has 3 unspecified atom stereocenters. The highest BCUT2D eigenvalue weighted by Crippen LogP contribution is 2.66. The number of methoxy groups -OCH3 is 1. The van der Waals surface area contributed by atoms with Gasteiger partial charge in [-0.25, -0.2) is 13.4 Å². The molecule has 0 amide bonds. The summed E-state index contributed by atoms with van der Waals surface area (Å²) in [5, 5.41) is 18.2. The number of nitrogens with zero attached hydrogens (tertiary/aromatic N) is 4. The molecule has 0 aromatic heterocycles. The Morgan fingerprint density at radius 3 is 1.96 bits per heavy atom. The van der Waals surface area contributed by atoms with Crippen LogP contribution in [0.3, 0.4) is 0 Å². The Morgan fingerprint density at radius 1 is 0.875 bits per heavy atom. The van der Waals surface area contributed by atoms with E-state index in [9.17, 15) is 13.5 Å². The molecule has 7 rings (SSSR count). The van der Waals surface area contributed by atoms with E-state index in [-0.39, 0.29) is 31.6 Å². The fraction of sp³-hybridized carbons (Fsp3) is 0.400. The highest BCUT2D eigenvalue weighted by Gasteiger charge is 2.91. The quantitative estimate of drug-likeness (QED) is 0.343. The lowest BCUT2D eigenvalue weighted by atomic mass is 9.80. The van der Waals surface area contributed by atoms with Crippen molar-refractivity contribution in [2.75, 3.05) is 13.4 Å². The van der Waals surface area contributed by atoms with E-state index in [1.54, 1.807) is 13.8 Å². The third-order valence-corrected chi connectivity index (χ3v) is 10.3. The first kappa shape index (κ1) is 32.6.